The van der Waals surface area contributed by atoms with E-state index in [0.29, 0.717) is 29.5 Å². The molecule has 0 heterocycles. The summed E-state index contributed by atoms with van der Waals surface area (Å²) in [6, 6.07) is 12.7. The summed E-state index contributed by atoms with van der Waals surface area (Å²) in [7, 11) is 1.55. The summed E-state index contributed by atoms with van der Waals surface area (Å²) in [6.07, 6.45) is 4.70. The number of hydrogen-bond acceptors (Lipinski definition) is 5. The van der Waals surface area contributed by atoms with Crippen LogP contribution in [0.5, 0.6) is 11.5 Å². The van der Waals surface area contributed by atoms with E-state index in [1.807, 2.05) is 24.3 Å². The maximum absolute atomic E-state index is 12.0. The molecule has 28 heavy (non-hydrogen) atoms. The normalized spacial score (nSPS) is 11.4. The van der Waals surface area contributed by atoms with E-state index in [1.54, 1.807) is 25.3 Å². The molecule has 0 spiro atoms. The first-order valence-electron chi connectivity index (χ1n) is 8.60. The molecule has 2 aromatic rings. The second-order valence-corrected chi connectivity index (χ2v) is 7.33. The molecule has 2 N–H and O–H groups in total. The average molecular weight is 420 g/mol. The Labute approximate surface area is 174 Å². The van der Waals surface area contributed by atoms with E-state index in [1.165, 1.54) is 11.8 Å². The van der Waals surface area contributed by atoms with Crippen molar-refractivity contribution >= 4 is 29.3 Å². The number of aliphatic hydroxyl groups excluding tert-OH is 1. The number of nitrogens with one attached hydrogen (secondary N) is 1. The molecular weight excluding hydrogens is 398 g/mol. The van der Waals surface area contributed by atoms with Gasteiger partial charge in [-0.25, -0.2) is 0 Å². The number of aliphatic hydroxyl groups is 1. The van der Waals surface area contributed by atoms with Gasteiger partial charge in [0.2, 0.25) is 5.91 Å². The fourth-order valence-electron chi connectivity index (χ4n) is 2.34. The van der Waals surface area contributed by atoms with Crippen molar-refractivity contribution < 1.29 is 19.4 Å². The van der Waals surface area contributed by atoms with Crippen molar-refractivity contribution in [3.8, 4) is 23.8 Å². The largest absolute Gasteiger partial charge is 0.493 e. The Morgan fingerprint density at radius 3 is 2.71 bits per heavy atom. The molecule has 2 aromatic carbocycles. The fourth-order valence-corrected chi connectivity index (χ4v) is 3.29. The van der Waals surface area contributed by atoms with Crippen LogP contribution in [0.4, 0.5) is 0 Å². The fraction of sp³-hybridized carbons (Fsp3) is 0.286. The van der Waals surface area contributed by atoms with Gasteiger partial charge in [-0.2, -0.15) is 0 Å². The first kappa shape index (κ1) is 22.0. The summed E-state index contributed by atoms with van der Waals surface area (Å²) in [5.41, 5.74) is 0.968. The zero-order chi connectivity index (χ0) is 20.4. The standard InChI is InChI=1S/C21H22ClNO4S/c1-3-12-27-19-9-4-15(13-20(19)26-2)10-11-23-21(25)18(24)14-28-17-7-5-16(22)6-8-17/h1,4-9,13,18,24H,10-12,14H2,2H3,(H,23,25)/t18-/m1/s1. The van der Waals surface area contributed by atoms with Gasteiger partial charge in [-0.3, -0.25) is 4.79 Å². The van der Waals surface area contributed by atoms with E-state index in [4.69, 9.17) is 27.5 Å². The third kappa shape index (κ3) is 7.01. The molecule has 0 saturated carbocycles. The third-order valence-corrected chi connectivity index (χ3v) is 5.12. The summed E-state index contributed by atoms with van der Waals surface area (Å²) in [4.78, 5) is 13.0. The van der Waals surface area contributed by atoms with Crippen LogP contribution in [0.2, 0.25) is 5.02 Å². The molecule has 0 aliphatic rings. The number of amides is 1. The minimum absolute atomic E-state index is 0.164. The van der Waals surface area contributed by atoms with Gasteiger partial charge < -0.3 is 19.9 Å². The quantitative estimate of drug-likeness (QED) is 0.457. The van der Waals surface area contributed by atoms with E-state index < -0.39 is 12.0 Å². The van der Waals surface area contributed by atoms with Crippen LogP contribution >= 0.6 is 23.4 Å². The highest BCUT2D eigenvalue weighted by Crippen LogP contribution is 2.28. The van der Waals surface area contributed by atoms with Crippen LogP contribution in [0.25, 0.3) is 0 Å². The lowest BCUT2D eigenvalue weighted by molar-refractivity contribution is -0.128. The van der Waals surface area contributed by atoms with E-state index in [2.05, 4.69) is 11.2 Å². The van der Waals surface area contributed by atoms with Crippen molar-refractivity contribution in [2.45, 2.75) is 17.4 Å². The minimum Gasteiger partial charge on any atom is -0.493 e. The van der Waals surface area contributed by atoms with Crippen molar-refractivity contribution in [1.82, 2.24) is 5.32 Å². The lowest BCUT2D eigenvalue weighted by Crippen LogP contribution is -2.37. The highest BCUT2D eigenvalue weighted by Gasteiger charge is 2.15. The first-order valence-corrected chi connectivity index (χ1v) is 9.97. The molecule has 2 rings (SSSR count). The van der Waals surface area contributed by atoms with Crippen molar-refractivity contribution in [2.24, 2.45) is 0 Å². The van der Waals surface area contributed by atoms with Gasteiger partial charge in [0.25, 0.3) is 0 Å². The van der Waals surface area contributed by atoms with Crippen molar-refractivity contribution in [3.63, 3.8) is 0 Å². The number of hydrogen-bond donors (Lipinski definition) is 2. The van der Waals surface area contributed by atoms with Gasteiger partial charge in [0.15, 0.2) is 11.5 Å². The van der Waals surface area contributed by atoms with Gasteiger partial charge in [0.1, 0.15) is 12.7 Å². The number of carbonyl (C=O) groups is 1. The number of benzene rings is 2. The average Bonchev–Trinajstić information content (AvgIpc) is 2.71. The molecule has 7 heteroatoms. The van der Waals surface area contributed by atoms with Crippen LogP contribution in [0.1, 0.15) is 5.56 Å². The Kier molecular flexibility index (Phi) is 9.02. The Morgan fingerprint density at radius 2 is 2.04 bits per heavy atom. The highest BCUT2D eigenvalue weighted by atomic mass is 35.5. The van der Waals surface area contributed by atoms with Gasteiger partial charge >= 0.3 is 0 Å². The van der Waals surface area contributed by atoms with E-state index in [-0.39, 0.29) is 12.4 Å². The van der Waals surface area contributed by atoms with Crippen molar-refractivity contribution in [3.05, 3.63) is 53.1 Å². The number of thioether (sulfide) groups is 1. The van der Waals surface area contributed by atoms with Gasteiger partial charge in [0.05, 0.1) is 7.11 Å². The molecule has 0 aliphatic carbocycles. The molecule has 0 saturated heterocycles. The predicted molar refractivity (Wildman–Crippen MR) is 112 cm³/mol. The van der Waals surface area contributed by atoms with E-state index >= 15 is 0 Å². The van der Waals surface area contributed by atoms with Gasteiger partial charge in [-0.15, -0.1) is 18.2 Å². The number of rotatable bonds is 10. The molecule has 0 fully saturated rings. The number of carbonyl (C=O) groups excluding carboxylic acids is 1. The molecule has 0 radical (unpaired) electrons. The zero-order valence-electron chi connectivity index (χ0n) is 15.5. The maximum atomic E-state index is 12.0. The van der Waals surface area contributed by atoms with Crippen molar-refractivity contribution in [1.29, 1.82) is 0 Å². The highest BCUT2D eigenvalue weighted by molar-refractivity contribution is 7.99. The summed E-state index contributed by atoms with van der Waals surface area (Å²) < 4.78 is 10.7. The Balaban J connectivity index is 1.77. The van der Waals surface area contributed by atoms with Crippen LogP contribution in [0, 0.1) is 12.3 Å². The number of halogens is 1. The van der Waals surface area contributed by atoms with Crippen molar-refractivity contribution in [2.75, 3.05) is 26.0 Å². The smallest absolute Gasteiger partial charge is 0.249 e. The summed E-state index contributed by atoms with van der Waals surface area (Å²) >= 11 is 7.23. The van der Waals surface area contributed by atoms with Gasteiger partial charge in [-0.05, 0) is 48.4 Å². The molecule has 1 amide bonds. The third-order valence-electron chi connectivity index (χ3n) is 3.78. The predicted octanol–water partition coefficient (Wildman–Crippen LogP) is 3.17. The number of terminal acetylenes is 1. The lowest BCUT2D eigenvalue weighted by Gasteiger charge is -2.13. The lowest BCUT2D eigenvalue weighted by atomic mass is 10.1. The monoisotopic (exact) mass is 419 g/mol. The summed E-state index contributed by atoms with van der Waals surface area (Å²) in [5.74, 6) is 3.43. The van der Waals surface area contributed by atoms with E-state index in [9.17, 15) is 9.90 Å². The van der Waals surface area contributed by atoms with Crippen LogP contribution in [-0.2, 0) is 11.2 Å². The molecule has 0 aliphatic heterocycles. The second kappa shape index (κ2) is 11.5. The topological polar surface area (TPSA) is 67.8 Å². The Bertz CT molecular complexity index is 820. The molecule has 1 atom stereocenters. The van der Waals surface area contributed by atoms with Crippen LogP contribution in [0.3, 0.4) is 0 Å². The van der Waals surface area contributed by atoms with Crippen LogP contribution < -0.4 is 14.8 Å². The van der Waals surface area contributed by atoms with Gasteiger partial charge in [0, 0.05) is 22.2 Å². The molecular formula is C21H22ClNO4S. The summed E-state index contributed by atoms with van der Waals surface area (Å²) in [5, 5.41) is 13.4. The molecule has 0 aromatic heterocycles. The second-order valence-electron chi connectivity index (χ2n) is 5.80. The molecule has 148 valence electrons. The molecule has 0 unspecified atom stereocenters. The minimum atomic E-state index is -1.09. The number of ether oxygens (including phenoxy) is 2. The molecule has 0 bridgehead atoms. The Hall–Kier alpha value is -2.33. The molecule has 5 nitrogen and oxygen atoms in total. The summed E-state index contributed by atoms with van der Waals surface area (Å²) in [6.45, 7) is 0.562. The zero-order valence-corrected chi connectivity index (χ0v) is 17.1. The number of methoxy groups -OCH3 is 1. The van der Waals surface area contributed by atoms with E-state index in [0.717, 1.165) is 10.5 Å². The first-order chi connectivity index (χ1) is 13.5. The van der Waals surface area contributed by atoms with Crippen LogP contribution in [-0.4, -0.2) is 43.1 Å². The Morgan fingerprint density at radius 1 is 1.29 bits per heavy atom. The maximum Gasteiger partial charge on any atom is 0.249 e. The SMILES string of the molecule is C#CCOc1ccc(CCNC(=O)[C@H](O)CSc2ccc(Cl)cc2)cc1OC. The van der Waals surface area contributed by atoms with Gasteiger partial charge in [-0.1, -0.05) is 23.6 Å². The van der Waals surface area contributed by atoms with Crippen LogP contribution in [0.15, 0.2) is 47.4 Å².